The topological polar surface area (TPSA) is 85.8 Å². The van der Waals surface area contributed by atoms with E-state index in [0.717, 1.165) is 39.8 Å². The highest BCUT2D eigenvalue weighted by atomic mass is 16.1. The number of rotatable bonds is 6. The van der Waals surface area contributed by atoms with Gasteiger partial charge in [-0.15, -0.1) is 0 Å². The lowest BCUT2D eigenvalue weighted by molar-refractivity contribution is 0.102. The van der Waals surface area contributed by atoms with Crippen LogP contribution < -0.4 is 11.1 Å². The molecule has 0 bridgehead atoms. The zero-order chi connectivity index (χ0) is 22.6. The zero-order valence-corrected chi connectivity index (χ0v) is 18.0. The molecule has 0 fully saturated rings. The van der Waals surface area contributed by atoms with Crippen molar-refractivity contribution in [3.8, 4) is 11.3 Å². The fourth-order valence-electron chi connectivity index (χ4n) is 3.73. The SMILES string of the molecule is NCc1ccc(-c2ccc(C(=O)Nc3ccc4cc(Cn5cccc5)cnc4c3)cn2)cc1. The molecule has 6 heteroatoms. The van der Waals surface area contributed by atoms with Crippen LogP contribution in [0.2, 0.25) is 0 Å². The number of nitrogens with two attached hydrogens (primary N) is 1. The average Bonchev–Trinajstić information content (AvgIpc) is 3.37. The number of amides is 1. The summed E-state index contributed by atoms with van der Waals surface area (Å²) in [7, 11) is 0. The number of nitrogens with zero attached hydrogens (tertiary/aromatic N) is 3. The van der Waals surface area contributed by atoms with Crippen molar-refractivity contribution < 1.29 is 4.79 Å². The Bertz CT molecular complexity index is 1390. The maximum atomic E-state index is 12.7. The van der Waals surface area contributed by atoms with Crippen molar-refractivity contribution in [3.63, 3.8) is 0 Å². The van der Waals surface area contributed by atoms with Crippen molar-refractivity contribution in [1.29, 1.82) is 0 Å². The summed E-state index contributed by atoms with van der Waals surface area (Å²) in [6, 6.07) is 23.4. The molecule has 0 radical (unpaired) electrons. The Labute approximate surface area is 191 Å². The molecular weight excluding hydrogens is 410 g/mol. The summed E-state index contributed by atoms with van der Waals surface area (Å²) in [5, 5.41) is 3.97. The molecule has 5 rings (SSSR count). The molecule has 0 saturated carbocycles. The molecule has 0 saturated heterocycles. The zero-order valence-electron chi connectivity index (χ0n) is 18.0. The van der Waals surface area contributed by atoms with Crippen molar-refractivity contribution in [1.82, 2.24) is 14.5 Å². The van der Waals surface area contributed by atoms with Gasteiger partial charge in [0.25, 0.3) is 5.91 Å². The van der Waals surface area contributed by atoms with Crippen molar-refractivity contribution in [2.75, 3.05) is 5.32 Å². The van der Waals surface area contributed by atoms with E-state index < -0.39 is 0 Å². The van der Waals surface area contributed by atoms with Crippen molar-refractivity contribution in [2.24, 2.45) is 5.73 Å². The van der Waals surface area contributed by atoms with Crippen LogP contribution in [0.4, 0.5) is 5.69 Å². The molecule has 162 valence electrons. The molecule has 5 aromatic rings. The van der Waals surface area contributed by atoms with Crippen LogP contribution in [0.15, 0.2) is 97.6 Å². The number of fused-ring (bicyclic) bond motifs is 1. The highest BCUT2D eigenvalue weighted by Gasteiger charge is 2.09. The van der Waals surface area contributed by atoms with Crippen LogP contribution in [-0.4, -0.2) is 20.4 Å². The molecule has 6 nitrogen and oxygen atoms in total. The monoisotopic (exact) mass is 433 g/mol. The molecule has 0 aliphatic heterocycles. The maximum absolute atomic E-state index is 12.7. The molecule has 0 aliphatic rings. The Morgan fingerprint density at radius 2 is 1.70 bits per heavy atom. The summed E-state index contributed by atoms with van der Waals surface area (Å²) >= 11 is 0. The second kappa shape index (κ2) is 9.06. The van der Waals surface area contributed by atoms with E-state index >= 15 is 0 Å². The molecule has 0 unspecified atom stereocenters. The van der Waals surface area contributed by atoms with Gasteiger partial charge in [-0.05, 0) is 53.6 Å². The second-order valence-corrected chi connectivity index (χ2v) is 7.89. The molecule has 3 aromatic heterocycles. The van der Waals surface area contributed by atoms with Crippen molar-refractivity contribution in [2.45, 2.75) is 13.1 Å². The van der Waals surface area contributed by atoms with Crippen LogP contribution in [0.3, 0.4) is 0 Å². The normalized spacial score (nSPS) is 10.9. The highest BCUT2D eigenvalue weighted by Crippen LogP contribution is 2.21. The van der Waals surface area contributed by atoms with E-state index in [0.29, 0.717) is 17.8 Å². The number of anilines is 1. The summed E-state index contributed by atoms with van der Waals surface area (Å²) < 4.78 is 2.10. The van der Waals surface area contributed by atoms with Crippen LogP contribution >= 0.6 is 0 Å². The quantitative estimate of drug-likeness (QED) is 0.401. The molecule has 2 aromatic carbocycles. The third-order valence-corrected chi connectivity index (χ3v) is 5.54. The number of hydrogen-bond acceptors (Lipinski definition) is 4. The van der Waals surface area contributed by atoms with Crippen LogP contribution in [0.1, 0.15) is 21.5 Å². The fourth-order valence-corrected chi connectivity index (χ4v) is 3.73. The summed E-state index contributed by atoms with van der Waals surface area (Å²) in [5.41, 5.74) is 11.7. The minimum atomic E-state index is -0.212. The van der Waals surface area contributed by atoms with Crippen LogP contribution in [0.25, 0.3) is 22.2 Å². The molecule has 33 heavy (non-hydrogen) atoms. The lowest BCUT2D eigenvalue weighted by atomic mass is 10.1. The van der Waals surface area contributed by atoms with Crippen LogP contribution in [-0.2, 0) is 13.1 Å². The first kappa shape index (κ1) is 20.6. The molecule has 0 atom stereocenters. The molecular formula is C27H23N5O. The van der Waals surface area contributed by atoms with Crippen molar-refractivity contribution in [3.05, 3.63) is 114 Å². The van der Waals surface area contributed by atoms with Gasteiger partial charge in [-0.2, -0.15) is 0 Å². The number of carbonyl (C=O) groups is 1. The van der Waals surface area contributed by atoms with Gasteiger partial charge < -0.3 is 15.6 Å². The summed E-state index contributed by atoms with van der Waals surface area (Å²) in [4.78, 5) is 21.8. The van der Waals surface area contributed by atoms with Gasteiger partial charge in [0.05, 0.1) is 16.8 Å². The molecule has 3 heterocycles. The maximum Gasteiger partial charge on any atom is 0.257 e. The van der Waals surface area contributed by atoms with E-state index in [2.05, 4.69) is 25.9 Å². The average molecular weight is 434 g/mol. The number of aromatic nitrogens is 3. The van der Waals surface area contributed by atoms with E-state index in [4.69, 9.17) is 5.73 Å². The van der Waals surface area contributed by atoms with Gasteiger partial charge in [-0.3, -0.25) is 14.8 Å². The largest absolute Gasteiger partial charge is 0.350 e. The predicted molar refractivity (Wildman–Crippen MR) is 131 cm³/mol. The first-order chi connectivity index (χ1) is 16.2. The highest BCUT2D eigenvalue weighted by molar-refractivity contribution is 6.05. The molecule has 3 N–H and O–H groups in total. The molecule has 1 amide bonds. The second-order valence-electron chi connectivity index (χ2n) is 7.89. The van der Waals surface area contributed by atoms with Crippen LogP contribution in [0, 0.1) is 0 Å². The van der Waals surface area contributed by atoms with Gasteiger partial charge in [-0.25, -0.2) is 0 Å². The molecule has 0 aliphatic carbocycles. The van der Waals surface area contributed by atoms with Gasteiger partial charge in [0.1, 0.15) is 0 Å². The van der Waals surface area contributed by atoms with Gasteiger partial charge in [0.2, 0.25) is 0 Å². The minimum Gasteiger partial charge on any atom is -0.350 e. The third-order valence-electron chi connectivity index (χ3n) is 5.54. The number of hydrogen-bond donors (Lipinski definition) is 2. The third kappa shape index (κ3) is 4.66. The fraction of sp³-hybridized carbons (Fsp3) is 0.0741. The number of benzene rings is 2. The van der Waals surface area contributed by atoms with E-state index in [1.165, 1.54) is 0 Å². The van der Waals surface area contributed by atoms with Gasteiger partial charge in [0, 0.05) is 54.5 Å². The van der Waals surface area contributed by atoms with Crippen molar-refractivity contribution >= 4 is 22.5 Å². The number of pyridine rings is 2. The smallest absolute Gasteiger partial charge is 0.257 e. The van der Waals surface area contributed by atoms with Crippen LogP contribution in [0.5, 0.6) is 0 Å². The summed E-state index contributed by atoms with van der Waals surface area (Å²) in [5.74, 6) is -0.212. The Balaban J connectivity index is 1.28. The summed E-state index contributed by atoms with van der Waals surface area (Å²) in [6.07, 6.45) is 7.52. The van der Waals surface area contributed by atoms with E-state index in [1.807, 2.05) is 79.3 Å². The van der Waals surface area contributed by atoms with Gasteiger partial charge in [0.15, 0.2) is 0 Å². The lowest BCUT2D eigenvalue weighted by Gasteiger charge is -2.09. The number of carbonyl (C=O) groups excluding carboxylic acids is 1. The first-order valence-corrected chi connectivity index (χ1v) is 10.7. The van der Waals surface area contributed by atoms with E-state index in [1.54, 1.807) is 12.3 Å². The first-order valence-electron chi connectivity index (χ1n) is 10.7. The van der Waals surface area contributed by atoms with E-state index in [-0.39, 0.29) is 5.91 Å². The standard InChI is InChI=1S/C27H23N5O/c28-15-19-3-5-21(6-4-19)25-10-8-23(17-30-25)27(33)31-24-9-7-22-13-20(16-29-26(22)14-24)18-32-11-1-2-12-32/h1-14,16-17H,15,18,28H2,(H,31,33). The lowest BCUT2D eigenvalue weighted by Crippen LogP contribution is -2.12. The van der Waals surface area contributed by atoms with Gasteiger partial charge in [-0.1, -0.05) is 30.3 Å². The molecule has 0 spiro atoms. The Morgan fingerprint density at radius 3 is 2.42 bits per heavy atom. The van der Waals surface area contributed by atoms with Gasteiger partial charge >= 0.3 is 0 Å². The number of nitrogens with one attached hydrogen (secondary N) is 1. The Morgan fingerprint density at radius 1 is 0.879 bits per heavy atom. The minimum absolute atomic E-state index is 0.212. The Hall–Kier alpha value is -4.29. The Kier molecular flexibility index (Phi) is 5.66. The van der Waals surface area contributed by atoms with E-state index in [9.17, 15) is 4.79 Å². The predicted octanol–water partition coefficient (Wildman–Crippen LogP) is 4.86. The summed E-state index contributed by atoms with van der Waals surface area (Å²) in [6.45, 7) is 1.28.